The van der Waals surface area contributed by atoms with Gasteiger partial charge in [0.05, 0.1) is 6.04 Å². The first-order valence-electron chi connectivity index (χ1n) is 5.99. The van der Waals surface area contributed by atoms with Crippen LogP contribution in [0.1, 0.15) is 5.56 Å². The summed E-state index contributed by atoms with van der Waals surface area (Å²) in [5.74, 6) is 0. The summed E-state index contributed by atoms with van der Waals surface area (Å²) < 4.78 is 5.16. The maximum absolute atomic E-state index is 11.8. The van der Waals surface area contributed by atoms with Crippen LogP contribution in [0.15, 0.2) is 30.3 Å². The molecule has 0 unspecified atom stereocenters. The van der Waals surface area contributed by atoms with Crippen molar-refractivity contribution in [2.24, 2.45) is 0 Å². The number of carboxylic acid groups (broad SMARTS) is 1. The third-order valence-electron chi connectivity index (χ3n) is 3.17. The molecule has 1 aromatic carbocycles. The molecule has 0 aliphatic carbocycles. The van der Waals surface area contributed by atoms with Crippen molar-refractivity contribution < 1.29 is 19.4 Å². The van der Waals surface area contributed by atoms with Crippen LogP contribution in [-0.2, 0) is 11.3 Å². The molecular formula is C13H16N2O4. The fraction of sp³-hybridized carbons (Fsp3) is 0.385. The second-order valence-electron chi connectivity index (χ2n) is 4.49. The van der Waals surface area contributed by atoms with E-state index in [1.165, 1.54) is 9.80 Å². The van der Waals surface area contributed by atoms with Gasteiger partial charge in [-0.1, -0.05) is 30.3 Å². The maximum Gasteiger partial charge on any atom is 0.410 e. The molecule has 2 amide bonds. The van der Waals surface area contributed by atoms with Gasteiger partial charge < -0.3 is 19.6 Å². The Hall–Kier alpha value is -2.24. The largest absolute Gasteiger partial charge is 0.465 e. The SMILES string of the molecule is CN(C(=O)OCc1ccccc1)C1CN(C(=O)O)C1. The first-order chi connectivity index (χ1) is 9.08. The highest BCUT2D eigenvalue weighted by molar-refractivity contribution is 5.70. The highest BCUT2D eigenvalue weighted by Gasteiger charge is 2.35. The van der Waals surface area contributed by atoms with Crippen LogP contribution in [-0.4, -0.2) is 53.3 Å². The Balaban J connectivity index is 1.76. The first-order valence-corrected chi connectivity index (χ1v) is 5.99. The van der Waals surface area contributed by atoms with E-state index in [1.807, 2.05) is 30.3 Å². The molecule has 0 bridgehead atoms. The van der Waals surface area contributed by atoms with Crippen LogP contribution in [0.3, 0.4) is 0 Å². The van der Waals surface area contributed by atoms with Crippen molar-refractivity contribution in [1.29, 1.82) is 0 Å². The van der Waals surface area contributed by atoms with Gasteiger partial charge in [0.1, 0.15) is 6.61 Å². The molecule has 1 aliphatic rings. The van der Waals surface area contributed by atoms with Gasteiger partial charge in [-0.3, -0.25) is 0 Å². The fourth-order valence-electron chi connectivity index (χ4n) is 1.83. The van der Waals surface area contributed by atoms with Gasteiger partial charge in [0.15, 0.2) is 0 Å². The average molecular weight is 264 g/mol. The summed E-state index contributed by atoms with van der Waals surface area (Å²) in [5, 5.41) is 8.71. The molecule has 1 aliphatic heterocycles. The molecule has 19 heavy (non-hydrogen) atoms. The van der Waals surface area contributed by atoms with Crippen molar-refractivity contribution >= 4 is 12.2 Å². The zero-order chi connectivity index (χ0) is 13.8. The minimum absolute atomic E-state index is 0.0978. The molecule has 6 heteroatoms. The monoisotopic (exact) mass is 264 g/mol. The summed E-state index contributed by atoms with van der Waals surface area (Å²) in [7, 11) is 1.62. The highest BCUT2D eigenvalue weighted by atomic mass is 16.6. The highest BCUT2D eigenvalue weighted by Crippen LogP contribution is 2.14. The van der Waals surface area contributed by atoms with Gasteiger partial charge in [0, 0.05) is 20.1 Å². The van der Waals surface area contributed by atoms with E-state index < -0.39 is 12.2 Å². The van der Waals surface area contributed by atoms with Crippen molar-refractivity contribution in [2.75, 3.05) is 20.1 Å². The van der Waals surface area contributed by atoms with Gasteiger partial charge >= 0.3 is 12.2 Å². The standard InChI is InChI=1S/C13H16N2O4/c1-14(11-7-15(8-11)12(16)17)13(18)19-9-10-5-3-2-4-6-10/h2-6,11H,7-9H2,1H3,(H,16,17). The van der Waals surface area contributed by atoms with Crippen molar-refractivity contribution in [3.05, 3.63) is 35.9 Å². The van der Waals surface area contributed by atoms with Gasteiger partial charge in [0.2, 0.25) is 0 Å². The van der Waals surface area contributed by atoms with E-state index in [1.54, 1.807) is 7.05 Å². The van der Waals surface area contributed by atoms with Crippen LogP contribution in [0.5, 0.6) is 0 Å². The number of carbonyl (C=O) groups excluding carboxylic acids is 1. The van der Waals surface area contributed by atoms with E-state index in [9.17, 15) is 9.59 Å². The Morgan fingerprint density at radius 2 is 2.00 bits per heavy atom. The summed E-state index contributed by atoms with van der Waals surface area (Å²) >= 11 is 0. The van der Waals surface area contributed by atoms with Crippen molar-refractivity contribution in [3.8, 4) is 0 Å². The second-order valence-corrected chi connectivity index (χ2v) is 4.49. The summed E-state index contributed by atoms with van der Waals surface area (Å²) in [4.78, 5) is 25.1. The number of carbonyl (C=O) groups is 2. The van der Waals surface area contributed by atoms with Gasteiger partial charge in [-0.15, -0.1) is 0 Å². The Bertz CT molecular complexity index is 457. The van der Waals surface area contributed by atoms with Gasteiger partial charge in [0.25, 0.3) is 0 Å². The van der Waals surface area contributed by atoms with Gasteiger partial charge in [-0.05, 0) is 5.56 Å². The fourth-order valence-corrected chi connectivity index (χ4v) is 1.83. The Morgan fingerprint density at radius 1 is 1.37 bits per heavy atom. The first kappa shape index (κ1) is 13.2. The molecule has 0 saturated carbocycles. The summed E-state index contributed by atoms with van der Waals surface area (Å²) in [6.45, 7) is 0.901. The molecule has 1 aromatic rings. The third-order valence-corrected chi connectivity index (χ3v) is 3.17. The Kier molecular flexibility index (Phi) is 3.89. The molecular weight excluding hydrogens is 248 g/mol. The number of amides is 2. The molecule has 0 spiro atoms. The van der Waals surface area contributed by atoms with E-state index in [0.717, 1.165) is 5.56 Å². The summed E-state index contributed by atoms with van der Waals surface area (Å²) in [6, 6.07) is 9.31. The Labute approximate surface area is 111 Å². The van der Waals surface area contributed by atoms with Crippen LogP contribution in [0.25, 0.3) is 0 Å². The zero-order valence-corrected chi connectivity index (χ0v) is 10.7. The van der Waals surface area contributed by atoms with E-state index in [-0.39, 0.29) is 12.6 Å². The van der Waals surface area contributed by atoms with Crippen molar-refractivity contribution in [3.63, 3.8) is 0 Å². The molecule has 6 nitrogen and oxygen atoms in total. The lowest BCUT2D eigenvalue weighted by Crippen LogP contribution is -2.61. The predicted molar refractivity (Wildman–Crippen MR) is 67.8 cm³/mol. The summed E-state index contributed by atoms with van der Waals surface area (Å²) in [6.07, 6.45) is -1.39. The van der Waals surface area contributed by atoms with Crippen LogP contribution in [0.2, 0.25) is 0 Å². The molecule has 102 valence electrons. The average Bonchev–Trinajstić information content (AvgIpc) is 2.34. The van der Waals surface area contributed by atoms with Crippen LogP contribution >= 0.6 is 0 Å². The lowest BCUT2D eigenvalue weighted by molar-refractivity contribution is 0.0339. The number of likely N-dealkylation sites (tertiary alicyclic amines) is 1. The molecule has 0 radical (unpaired) electrons. The molecule has 1 saturated heterocycles. The number of rotatable bonds is 3. The smallest absolute Gasteiger partial charge is 0.410 e. The number of likely N-dealkylation sites (N-methyl/N-ethyl adjacent to an activating group) is 1. The number of benzene rings is 1. The minimum Gasteiger partial charge on any atom is -0.465 e. The molecule has 1 fully saturated rings. The second kappa shape index (κ2) is 5.60. The molecule has 0 atom stereocenters. The van der Waals surface area contributed by atoms with Gasteiger partial charge in [-0.25, -0.2) is 9.59 Å². The third kappa shape index (κ3) is 3.15. The molecule has 2 rings (SSSR count). The topological polar surface area (TPSA) is 70.1 Å². The lowest BCUT2D eigenvalue weighted by atomic mass is 10.1. The maximum atomic E-state index is 11.8. The van der Waals surface area contributed by atoms with Crippen molar-refractivity contribution in [2.45, 2.75) is 12.6 Å². The Morgan fingerprint density at radius 3 is 2.58 bits per heavy atom. The van der Waals surface area contributed by atoms with Crippen LogP contribution in [0.4, 0.5) is 9.59 Å². The summed E-state index contributed by atoms with van der Waals surface area (Å²) in [5.41, 5.74) is 0.921. The van der Waals surface area contributed by atoms with E-state index >= 15 is 0 Å². The van der Waals surface area contributed by atoms with Crippen LogP contribution < -0.4 is 0 Å². The minimum atomic E-state index is -0.956. The zero-order valence-electron chi connectivity index (χ0n) is 10.7. The predicted octanol–water partition coefficient (Wildman–Crippen LogP) is 1.62. The molecule has 1 N–H and O–H groups in total. The number of hydrogen-bond donors (Lipinski definition) is 1. The van der Waals surface area contributed by atoms with E-state index in [4.69, 9.17) is 9.84 Å². The van der Waals surface area contributed by atoms with Crippen LogP contribution in [0, 0.1) is 0 Å². The van der Waals surface area contributed by atoms with E-state index in [2.05, 4.69) is 0 Å². The number of nitrogens with zero attached hydrogens (tertiary/aromatic N) is 2. The molecule has 0 aromatic heterocycles. The van der Waals surface area contributed by atoms with Gasteiger partial charge in [-0.2, -0.15) is 0 Å². The normalized spacial score (nSPS) is 14.7. The number of hydrogen-bond acceptors (Lipinski definition) is 3. The lowest BCUT2D eigenvalue weighted by Gasteiger charge is -2.41. The number of ether oxygens (including phenoxy) is 1. The van der Waals surface area contributed by atoms with Crippen molar-refractivity contribution in [1.82, 2.24) is 9.80 Å². The van der Waals surface area contributed by atoms with E-state index in [0.29, 0.717) is 13.1 Å². The quantitative estimate of drug-likeness (QED) is 0.900. The molecule has 1 heterocycles.